The highest BCUT2D eigenvalue weighted by Crippen LogP contribution is 2.27. The molecule has 4 nitrogen and oxygen atoms in total. The van der Waals surface area contributed by atoms with Gasteiger partial charge in [-0.2, -0.15) is 0 Å². The van der Waals surface area contributed by atoms with Gasteiger partial charge in [-0.05, 0) is 55.8 Å². The molecule has 26 heavy (non-hydrogen) atoms. The maximum atomic E-state index is 6.03. The standard InChI is InChI=1S/C19H19Br2N3OS/c1-3-24-18(13(2)25-17-10-8-16(21)9-11-17)22-23-19(24)26-12-14-4-6-15(20)7-5-14/h4-11,13H,3,12H2,1-2H3. The first kappa shape index (κ1) is 19.5. The Morgan fingerprint density at radius 3 is 2.23 bits per heavy atom. The van der Waals surface area contributed by atoms with E-state index in [-0.39, 0.29) is 6.10 Å². The van der Waals surface area contributed by atoms with Gasteiger partial charge >= 0.3 is 0 Å². The highest BCUT2D eigenvalue weighted by Gasteiger charge is 2.18. The summed E-state index contributed by atoms with van der Waals surface area (Å²) < 4.78 is 10.3. The summed E-state index contributed by atoms with van der Waals surface area (Å²) >= 11 is 8.59. The third kappa shape index (κ3) is 4.90. The van der Waals surface area contributed by atoms with Gasteiger partial charge in [-0.15, -0.1) is 10.2 Å². The number of ether oxygens (including phenoxy) is 1. The molecular formula is C19H19Br2N3OS. The molecule has 0 radical (unpaired) electrons. The molecule has 3 rings (SSSR count). The van der Waals surface area contributed by atoms with Gasteiger partial charge in [0.05, 0.1) is 0 Å². The maximum Gasteiger partial charge on any atom is 0.191 e. The van der Waals surface area contributed by atoms with E-state index in [1.807, 2.05) is 31.2 Å². The van der Waals surface area contributed by atoms with Gasteiger partial charge in [-0.1, -0.05) is 55.8 Å². The zero-order valence-electron chi connectivity index (χ0n) is 14.5. The van der Waals surface area contributed by atoms with Crippen molar-refractivity contribution in [3.8, 4) is 5.75 Å². The van der Waals surface area contributed by atoms with Crippen molar-refractivity contribution in [3.05, 3.63) is 68.9 Å². The van der Waals surface area contributed by atoms with Gasteiger partial charge < -0.3 is 9.30 Å². The smallest absolute Gasteiger partial charge is 0.191 e. The van der Waals surface area contributed by atoms with Crippen LogP contribution in [0.3, 0.4) is 0 Å². The number of nitrogens with zero attached hydrogens (tertiary/aromatic N) is 3. The Bertz CT molecular complexity index is 850. The molecule has 1 unspecified atom stereocenters. The molecule has 0 bridgehead atoms. The second-order valence-corrected chi connectivity index (χ2v) is 8.49. The van der Waals surface area contributed by atoms with Crippen LogP contribution in [0, 0.1) is 0 Å². The number of rotatable bonds is 7. The van der Waals surface area contributed by atoms with Crippen LogP contribution in [0.4, 0.5) is 0 Å². The second kappa shape index (κ2) is 9.06. The monoisotopic (exact) mass is 495 g/mol. The van der Waals surface area contributed by atoms with Crippen molar-refractivity contribution in [3.63, 3.8) is 0 Å². The lowest BCUT2D eigenvalue weighted by Gasteiger charge is -2.15. The molecule has 0 N–H and O–H groups in total. The average Bonchev–Trinajstić information content (AvgIpc) is 3.06. The number of thioether (sulfide) groups is 1. The predicted octanol–water partition coefficient (Wildman–Crippen LogP) is 6.26. The zero-order chi connectivity index (χ0) is 18.5. The van der Waals surface area contributed by atoms with Crippen LogP contribution in [0.5, 0.6) is 5.75 Å². The molecule has 3 aromatic rings. The summed E-state index contributed by atoms with van der Waals surface area (Å²) in [4.78, 5) is 0. The molecule has 1 heterocycles. The largest absolute Gasteiger partial charge is 0.483 e. The minimum atomic E-state index is -0.175. The third-order valence-corrected chi connectivity index (χ3v) is 5.93. The van der Waals surface area contributed by atoms with Gasteiger partial charge in [0.2, 0.25) is 0 Å². The van der Waals surface area contributed by atoms with E-state index >= 15 is 0 Å². The molecule has 2 aromatic carbocycles. The second-order valence-electron chi connectivity index (χ2n) is 5.71. The minimum absolute atomic E-state index is 0.175. The molecule has 0 aliphatic carbocycles. The number of hydrogen-bond donors (Lipinski definition) is 0. The molecule has 0 spiro atoms. The van der Waals surface area contributed by atoms with E-state index < -0.39 is 0 Å². The van der Waals surface area contributed by atoms with E-state index in [0.29, 0.717) is 0 Å². The summed E-state index contributed by atoms with van der Waals surface area (Å²) in [6.07, 6.45) is -0.175. The first-order valence-electron chi connectivity index (χ1n) is 8.29. The Labute approximate surface area is 174 Å². The molecule has 0 saturated heterocycles. The van der Waals surface area contributed by atoms with Crippen LogP contribution in [-0.2, 0) is 12.3 Å². The van der Waals surface area contributed by atoms with Crippen LogP contribution in [0.15, 0.2) is 62.6 Å². The van der Waals surface area contributed by atoms with Gasteiger partial charge in [-0.3, -0.25) is 0 Å². The molecule has 1 atom stereocenters. The molecule has 7 heteroatoms. The Balaban J connectivity index is 1.70. The Morgan fingerprint density at radius 2 is 1.62 bits per heavy atom. The fourth-order valence-corrected chi connectivity index (χ4v) is 4.00. The molecular weight excluding hydrogens is 478 g/mol. The molecule has 0 fully saturated rings. The topological polar surface area (TPSA) is 39.9 Å². The summed E-state index contributed by atoms with van der Waals surface area (Å²) in [6, 6.07) is 16.2. The van der Waals surface area contributed by atoms with E-state index in [1.54, 1.807) is 11.8 Å². The van der Waals surface area contributed by atoms with Crippen molar-refractivity contribution in [2.24, 2.45) is 0 Å². The lowest BCUT2D eigenvalue weighted by atomic mass is 10.2. The van der Waals surface area contributed by atoms with E-state index in [9.17, 15) is 0 Å². The maximum absolute atomic E-state index is 6.03. The van der Waals surface area contributed by atoms with Crippen LogP contribution in [-0.4, -0.2) is 14.8 Å². The van der Waals surface area contributed by atoms with Crippen molar-refractivity contribution in [2.45, 2.75) is 37.4 Å². The SMILES string of the molecule is CCn1c(SCc2ccc(Br)cc2)nnc1C(C)Oc1ccc(Br)cc1. The number of hydrogen-bond acceptors (Lipinski definition) is 4. The summed E-state index contributed by atoms with van der Waals surface area (Å²) in [7, 11) is 0. The van der Waals surface area contributed by atoms with Crippen molar-refractivity contribution in [2.75, 3.05) is 0 Å². The first-order valence-corrected chi connectivity index (χ1v) is 10.9. The van der Waals surface area contributed by atoms with Crippen LogP contribution in [0.1, 0.15) is 31.3 Å². The summed E-state index contributed by atoms with van der Waals surface area (Å²) in [6.45, 7) is 4.91. The molecule has 0 amide bonds. The van der Waals surface area contributed by atoms with E-state index in [2.05, 4.69) is 77.8 Å². The zero-order valence-corrected chi connectivity index (χ0v) is 18.5. The van der Waals surface area contributed by atoms with Crippen molar-refractivity contribution in [1.29, 1.82) is 0 Å². The minimum Gasteiger partial charge on any atom is -0.483 e. The van der Waals surface area contributed by atoms with Crippen LogP contribution in [0.2, 0.25) is 0 Å². The summed E-state index contributed by atoms with van der Waals surface area (Å²) in [5.41, 5.74) is 1.25. The van der Waals surface area contributed by atoms with Crippen LogP contribution < -0.4 is 4.74 Å². The van der Waals surface area contributed by atoms with Gasteiger partial charge in [0.1, 0.15) is 5.75 Å². The quantitative estimate of drug-likeness (QED) is 0.362. The van der Waals surface area contributed by atoms with Crippen molar-refractivity contribution in [1.82, 2.24) is 14.8 Å². The summed E-state index contributed by atoms with van der Waals surface area (Å²) in [5, 5.41) is 9.67. The van der Waals surface area contributed by atoms with Crippen molar-refractivity contribution >= 4 is 43.6 Å². The highest BCUT2D eigenvalue weighted by molar-refractivity contribution is 9.10. The Hall–Kier alpha value is -1.31. The van der Waals surface area contributed by atoms with E-state index in [0.717, 1.165) is 38.0 Å². The molecule has 0 saturated carbocycles. The fraction of sp³-hybridized carbons (Fsp3) is 0.263. The van der Waals surface area contributed by atoms with Crippen LogP contribution >= 0.6 is 43.6 Å². The van der Waals surface area contributed by atoms with Gasteiger partial charge in [0, 0.05) is 21.2 Å². The average molecular weight is 497 g/mol. The Morgan fingerprint density at radius 1 is 1.00 bits per heavy atom. The molecule has 1 aromatic heterocycles. The van der Waals surface area contributed by atoms with Crippen LogP contribution in [0.25, 0.3) is 0 Å². The molecule has 136 valence electrons. The number of benzene rings is 2. The molecule has 0 aliphatic rings. The van der Waals surface area contributed by atoms with Gasteiger partial charge in [-0.25, -0.2) is 0 Å². The van der Waals surface area contributed by atoms with E-state index in [4.69, 9.17) is 4.74 Å². The number of halogens is 2. The lowest BCUT2D eigenvalue weighted by molar-refractivity contribution is 0.210. The van der Waals surface area contributed by atoms with Gasteiger partial charge in [0.15, 0.2) is 17.1 Å². The highest BCUT2D eigenvalue weighted by atomic mass is 79.9. The fourth-order valence-electron chi connectivity index (χ4n) is 2.50. The normalized spacial score (nSPS) is 12.2. The first-order chi connectivity index (χ1) is 12.6. The predicted molar refractivity (Wildman–Crippen MR) is 113 cm³/mol. The third-order valence-electron chi connectivity index (χ3n) is 3.83. The number of aromatic nitrogens is 3. The lowest BCUT2D eigenvalue weighted by Crippen LogP contribution is -2.11. The van der Waals surface area contributed by atoms with E-state index in [1.165, 1.54) is 5.56 Å². The molecule has 0 aliphatic heterocycles. The Kier molecular flexibility index (Phi) is 6.78. The van der Waals surface area contributed by atoms with Gasteiger partial charge in [0.25, 0.3) is 0 Å². The van der Waals surface area contributed by atoms with Crippen molar-refractivity contribution < 1.29 is 4.74 Å². The summed E-state index contributed by atoms with van der Waals surface area (Å²) in [5.74, 6) is 2.51.